The molecule has 1 amide bonds. The fourth-order valence-electron chi connectivity index (χ4n) is 2.61. The lowest BCUT2D eigenvalue weighted by atomic mass is 10.0. The highest BCUT2D eigenvalue weighted by atomic mass is 32.1. The smallest absolute Gasteiger partial charge is 0.238 e. The third-order valence-electron chi connectivity index (χ3n) is 4.02. The second-order valence-corrected chi connectivity index (χ2v) is 6.89. The van der Waals surface area contributed by atoms with Gasteiger partial charge in [-0.1, -0.05) is 48.5 Å². The fraction of sp³-hybridized carbons (Fsp3) is 0.143. The number of anilines is 1. The summed E-state index contributed by atoms with van der Waals surface area (Å²) in [6.45, 7) is 2.19. The van der Waals surface area contributed by atoms with E-state index in [0.717, 1.165) is 0 Å². The van der Waals surface area contributed by atoms with Crippen molar-refractivity contribution in [3.05, 3.63) is 88.1 Å². The number of hydrogen-bond acceptors (Lipinski definition) is 4. The van der Waals surface area contributed by atoms with E-state index in [-0.39, 0.29) is 24.3 Å². The first kappa shape index (κ1) is 18.0. The van der Waals surface area contributed by atoms with Crippen LogP contribution in [-0.4, -0.2) is 18.2 Å². The van der Waals surface area contributed by atoms with Crippen LogP contribution < -0.4 is 10.6 Å². The summed E-state index contributed by atoms with van der Waals surface area (Å²) in [4.78, 5) is 26.2. The van der Waals surface area contributed by atoms with Gasteiger partial charge in [-0.2, -0.15) is 0 Å². The molecule has 2 aromatic carbocycles. The van der Waals surface area contributed by atoms with Crippen molar-refractivity contribution in [2.45, 2.75) is 13.0 Å². The molecule has 1 aromatic heterocycles. The third kappa shape index (κ3) is 4.45. The molecule has 0 unspecified atom stereocenters. The molecule has 1 heterocycles. The lowest BCUT2D eigenvalue weighted by molar-refractivity contribution is -0.115. The Morgan fingerprint density at radius 3 is 2.42 bits per heavy atom. The predicted octanol–water partition coefficient (Wildman–Crippen LogP) is 4.27. The van der Waals surface area contributed by atoms with Gasteiger partial charge in [0.15, 0.2) is 5.78 Å². The normalized spacial score (nSPS) is 11.7. The van der Waals surface area contributed by atoms with E-state index in [1.165, 1.54) is 4.88 Å². The SMILES string of the molecule is C[C@@H](NCC(=O)Nc1ccccc1C(=O)c1ccccc1)c1cccs1. The Morgan fingerprint density at radius 2 is 1.69 bits per heavy atom. The van der Waals surface area contributed by atoms with E-state index in [2.05, 4.69) is 10.6 Å². The van der Waals surface area contributed by atoms with Crippen molar-refractivity contribution in [1.29, 1.82) is 0 Å². The van der Waals surface area contributed by atoms with Crippen LogP contribution in [0.4, 0.5) is 5.69 Å². The molecule has 0 aliphatic carbocycles. The van der Waals surface area contributed by atoms with Crippen molar-refractivity contribution in [2.75, 3.05) is 11.9 Å². The number of hydrogen-bond donors (Lipinski definition) is 2. The monoisotopic (exact) mass is 364 g/mol. The summed E-state index contributed by atoms with van der Waals surface area (Å²) in [5, 5.41) is 8.05. The number of ketones is 1. The van der Waals surface area contributed by atoms with Gasteiger partial charge in [0.2, 0.25) is 5.91 Å². The van der Waals surface area contributed by atoms with Crippen LogP contribution in [0.5, 0.6) is 0 Å². The molecule has 1 atom stereocenters. The Kier molecular flexibility index (Phi) is 5.94. The zero-order valence-electron chi connectivity index (χ0n) is 14.4. The van der Waals surface area contributed by atoms with E-state index >= 15 is 0 Å². The van der Waals surface area contributed by atoms with Crippen LogP contribution >= 0.6 is 11.3 Å². The Bertz CT molecular complexity index is 876. The molecular formula is C21H20N2O2S. The minimum atomic E-state index is -0.179. The highest BCUT2D eigenvalue weighted by Crippen LogP contribution is 2.20. The lowest BCUT2D eigenvalue weighted by Gasteiger charge is -2.14. The number of carbonyl (C=O) groups is 2. The van der Waals surface area contributed by atoms with E-state index in [9.17, 15) is 9.59 Å². The second kappa shape index (κ2) is 8.56. The number of para-hydroxylation sites is 1. The molecular weight excluding hydrogens is 344 g/mol. The molecule has 132 valence electrons. The molecule has 0 spiro atoms. The van der Waals surface area contributed by atoms with Gasteiger partial charge < -0.3 is 10.6 Å². The number of thiophene rings is 1. The summed E-state index contributed by atoms with van der Waals surface area (Å²) in [5.41, 5.74) is 1.61. The maximum absolute atomic E-state index is 12.7. The van der Waals surface area contributed by atoms with Crippen LogP contribution in [0, 0.1) is 0 Å². The molecule has 3 aromatic rings. The summed E-state index contributed by atoms with van der Waals surface area (Å²) in [5.74, 6) is -0.289. The largest absolute Gasteiger partial charge is 0.324 e. The lowest BCUT2D eigenvalue weighted by Crippen LogP contribution is -2.30. The molecule has 4 nitrogen and oxygen atoms in total. The number of carbonyl (C=O) groups excluding carboxylic acids is 2. The van der Waals surface area contributed by atoms with Crippen molar-refractivity contribution in [3.8, 4) is 0 Å². The summed E-state index contributed by atoms with van der Waals surface area (Å²) in [7, 11) is 0. The molecule has 0 aliphatic heterocycles. The van der Waals surface area contributed by atoms with Gasteiger partial charge in [0, 0.05) is 22.0 Å². The topological polar surface area (TPSA) is 58.2 Å². The molecule has 0 radical (unpaired) electrons. The molecule has 0 saturated carbocycles. The van der Waals surface area contributed by atoms with Crippen LogP contribution in [0.15, 0.2) is 72.1 Å². The summed E-state index contributed by atoms with van der Waals surface area (Å²) >= 11 is 1.65. The van der Waals surface area contributed by atoms with Gasteiger partial charge in [-0.3, -0.25) is 9.59 Å². The molecule has 2 N–H and O–H groups in total. The zero-order chi connectivity index (χ0) is 18.4. The first-order valence-electron chi connectivity index (χ1n) is 8.40. The summed E-state index contributed by atoms with van der Waals surface area (Å²) < 4.78 is 0. The molecule has 0 fully saturated rings. The van der Waals surface area contributed by atoms with Gasteiger partial charge in [0.1, 0.15) is 0 Å². The maximum Gasteiger partial charge on any atom is 0.238 e. The summed E-state index contributed by atoms with van der Waals surface area (Å²) in [6.07, 6.45) is 0. The number of rotatable bonds is 7. The van der Waals surface area contributed by atoms with E-state index in [1.807, 2.05) is 42.6 Å². The third-order valence-corrected chi connectivity index (χ3v) is 5.08. The number of amides is 1. The van der Waals surface area contributed by atoms with Crippen molar-refractivity contribution < 1.29 is 9.59 Å². The summed E-state index contributed by atoms with van der Waals surface area (Å²) in [6, 6.07) is 20.3. The van der Waals surface area contributed by atoms with Gasteiger partial charge in [0.25, 0.3) is 0 Å². The zero-order valence-corrected chi connectivity index (χ0v) is 15.3. The first-order valence-corrected chi connectivity index (χ1v) is 9.28. The van der Waals surface area contributed by atoms with Gasteiger partial charge in [-0.25, -0.2) is 0 Å². The average Bonchev–Trinajstić information content (AvgIpc) is 3.21. The Balaban J connectivity index is 1.66. The molecule has 0 bridgehead atoms. The second-order valence-electron chi connectivity index (χ2n) is 5.91. The van der Waals surface area contributed by atoms with Gasteiger partial charge in [-0.05, 0) is 30.5 Å². The van der Waals surface area contributed by atoms with Crippen LogP contribution in [-0.2, 0) is 4.79 Å². The Hall–Kier alpha value is -2.76. The van der Waals surface area contributed by atoms with E-state index in [1.54, 1.807) is 47.7 Å². The van der Waals surface area contributed by atoms with Gasteiger partial charge >= 0.3 is 0 Å². The fourth-order valence-corrected chi connectivity index (χ4v) is 3.37. The molecule has 0 aliphatic rings. The minimum absolute atomic E-state index is 0.0990. The van der Waals surface area contributed by atoms with Crippen molar-refractivity contribution in [2.24, 2.45) is 0 Å². The van der Waals surface area contributed by atoms with Crippen LogP contribution in [0.25, 0.3) is 0 Å². The Morgan fingerprint density at radius 1 is 0.962 bits per heavy atom. The minimum Gasteiger partial charge on any atom is -0.324 e. The quantitative estimate of drug-likeness (QED) is 0.616. The van der Waals surface area contributed by atoms with Crippen molar-refractivity contribution >= 4 is 28.7 Å². The predicted molar refractivity (Wildman–Crippen MR) is 106 cm³/mol. The molecule has 5 heteroatoms. The highest BCUT2D eigenvalue weighted by Gasteiger charge is 2.15. The van der Waals surface area contributed by atoms with Crippen molar-refractivity contribution in [3.63, 3.8) is 0 Å². The van der Waals surface area contributed by atoms with Crippen molar-refractivity contribution in [1.82, 2.24) is 5.32 Å². The average molecular weight is 364 g/mol. The molecule has 3 rings (SSSR count). The van der Waals surface area contributed by atoms with Crippen LogP contribution in [0.2, 0.25) is 0 Å². The van der Waals surface area contributed by atoms with E-state index in [0.29, 0.717) is 16.8 Å². The Labute approximate surface area is 156 Å². The van der Waals surface area contributed by atoms with Crippen LogP contribution in [0.3, 0.4) is 0 Å². The first-order chi connectivity index (χ1) is 12.6. The van der Waals surface area contributed by atoms with Gasteiger partial charge in [0.05, 0.1) is 12.2 Å². The van der Waals surface area contributed by atoms with Crippen LogP contribution in [0.1, 0.15) is 33.8 Å². The maximum atomic E-state index is 12.7. The number of nitrogens with one attached hydrogen (secondary N) is 2. The van der Waals surface area contributed by atoms with E-state index < -0.39 is 0 Å². The standard InChI is InChI=1S/C21H20N2O2S/c1-15(19-12-7-13-26-19)22-14-20(24)23-18-11-6-5-10-17(18)21(25)16-8-3-2-4-9-16/h2-13,15,22H,14H2,1H3,(H,23,24)/t15-/m1/s1. The molecule has 26 heavy (non-hydrogen) atoms. The number of benzene rings is 2. The van der Waals surface area contributed by atoms with E-state index in [4.69, 9.17) is 0 Å². The highest BCUT2D eigenvalue weighted by molar-refractivity contribution is 7.10. The molecule has 0 saturated heterocycles. The van der Waals surface area contributed by atoms with Gasteiger partial charge in [-0.15, -0.1) is 11.3 Å².